The van der Waals surface area contributed by atoms with Crippen molar-refractivity contribution in [1.29, 1.82) is 0 Å². The van der Waals surface area contributed by atoms with Crippen molar-refractivity contribution in [2.45, 2.75) is 13.3 Å². The molecule has 2 aliphatic rings. The Kier molecular flexibility index (Phi) is 3.15. The Morgan fingerprint density at radius 1 is 1.22 bits per heavy atom. The van der Waals surface area contributed by atoms with Crippen LogP contribution in [0.2, 0.25) is 0 Å². The van der Waals surface area contributed by atoms with Crippen molar-refractivity contribution < 1.29 is 0 Å². The maximum Gasteiger partial charge on any atom is 0.109 e. The third-order valence-electron chi connectivity index (χ3n) is 3.52. The van der Waals surface area contributed by atoms with E-state index < -0.39 is 0 Å². The van der Waals surface area contributed by atoms with Crippen LogP contribution in [0.25, 0.3) is 6.08 Å². The molecule has 1 N–H and O–H groups in total. The molecule has 2 heterocycles. The summed E-state index contributed by atoms with van der Waals surface area (Å²) in [5.41, 5.74) is 3.61. The lowest BCUT2D eigenvalue weighted by molar-refractivity contribution is 0.353. The van der Waals surface area contributed by atoms with E-state index in [1.54, 1.807) is 0 Å². The summed E-state index contributed by atoms with van der Waals surface area (Å²) in [6, 6.07) is 6.48. The summed E-state index contributed by atoms with van der Waals surface area (Å²) in [5.74, 6) is 1.21. The first-order valence-electron chi connectivity index (χ1n) is 6.63. The minimum Gasteiger partial charge on any atom is -0.357 e. The van der Waals surface area contributed by atoms with E-state index in [-0.39, 0.29) is 0 Å². The fourth-order valence-corrected chi connectivity index (χ4v) is 2.49. The molecule has 1 saturated heterocycles. The van der Waals surface area contributed by atoms with E-state index in [1.165, 1.54) is 17.0 Å². The zero-order valence-corrected chi connectivity index (χ0v) is 10.8. The molecule has 0 spiro atoms. The summed E-state index contributed by atoms with van der Waals surface area (Å²) >= 11 is 0. The standard InChI is InChI=1S/C15H19N3/c1-12-5-6-13-3-2-4-15(17-14(13)11-12)18-9-7-16-8-10-18/h2-3,5-6,11,16H,4,7-10H2,1H3. The maximum atomic E-state index is 4.88. The molecule has 0 aromatic heterocycles. The predicted molar refractivity (Wildman–Crippen MR) is 76.4 cm³/mol. The fourth-order valence-electron chi connectivity index (χ4n) is 2.49. The summed E-state index contributed by atoms with van der Waals surface area (Å²) in [5, 5.41) is 3.38. The van der Waals surface area contributed by atoms with E-state index in [9.17, 15) is 0 Å². The van der Waals surface area contributed by atoms with Crippen molar-refractivity contribution >= 4 is 17.6 Å². The summed E-state index contributed by atoms with van der Waals surface area (Å²) in [4.78, 5) is 7.28. The van der Waals surface area contributed by atoms with E-state index in [1.807, 2.05) is 0 Å². The van der Waals surface area contributed by atoms with Crippen LogP contribution in [-0.4, -0.2) is 36.9 Å². The molecule has 0 bridgehead atoms. The molecule has 0 radical (unpaired) electrons. The van der Waals surface area contributed by atoms with E-state index in [0.29, 0.717) is 0 Å². The van der Waals surface area contributed by atoms with Gasteiger partial charge in [0.15, 0.2) is 0 Å². The average Bonchev–Trinajstić information content (AvgIpc) is 2.61. The minimum atomic E-state index is 0.938. The van der Waals surface area contributed by atoms with Crippen LogP contribution in [0.5, 0.6) is 0 Å². The summed E-state index contributed by atoms with van der Waals surface area (Å²) < 4.78 is 0. The summed E-state index contributed by atoms with van der Waals surface area (Å²) in [6.07, 6.45) is 5.35. The highest BCUT2D eigenvalue weighted by molar-refractivity contribution is 5.90. The Hall–Kier alpha value is -1.61. The fraction of sp³-hybridized carbons (Fsp3) is 0.400. The Morgan fingerprint density at radius 2 is 2.06 bits per heavy atom. The van der Waals surface area contributed by atoms with Gasteiger partial charge in [-0.25, -0.2) is 4.99 Å². The maximum absolute atomic E-state index is 4.88. The monoisotopic (exact) mass is 241 g/mol. The number of aryl methyl sites for hydroxylation is 1. The van der Waals surface area contributed by atoms with Gasteiger partial charge in [-0.05, 0) is 24.1 Å². The molecule has 0 saturated carbocycles. The molecule has 18 heavy (non-hydrogen) atoms. The van der Waals surface area contributed by atoms with Gasteiger partial charge < -0.3 is 10.2 Å². The van der Waals surface area contributed by atoms with Crippen LogP contribution >= 0.6 is 0 Å². The molecule has 3 heteroatoms. The van der Waals surface area contributed by atoms with Gasteiger partial charge in [0.05, 0.1) is 5.69 Å². The van der Waals surface area contributed by atoms with E-state index >= 15 is 0 Å². The van der Waals surface area contributed by atoms with Crippen LogP contribution in [-0.2, 0) is 0 Å². The lowest BCUT2D eigenvalue weighted by atomic mass is 10.1. The van der Waals surface area contributed by atoms with Crippen molar-refractivity contribution in [3.8, 4) is 0 Å². The van der Waals surface area contributed by atoms with E-state index in [4.69, 9.17) is 4.99 Å². The van der Waals surface area contributed by atoms with Gasteiger partial charge in [0.25, 0.3) is 0 Å². The molecule has 1 aromatic carbocycles. The average molecular weight is 241 g/mol. The number of fused-ring (bicyclic) bond motifs is 1. The Labute approximate surface area is 108 Å². The summed E-state index contributed by atoms with van der Waals surface area (Å²) in [6.45, 7) is 6.36. The first kappa shape index (κ1) is 11.5. The number of rotatable bonds is 0. The molecule has 3 nitrogen and oxygen atoms in total. The van der Waals surface area contributed by atoms with Crippen molar-refractivity contribution in [2.24, 2.45) is 4.99 Å². The molecule has 2 aliphatic heterocycles. The predicted octanol–water partition coefficient (Wildman–Crippen LogP) is 2.35. The Morgan fingerprint density at radius 3 is 2.89 bits per heavy atom. The highest BCUT2D eigenvalue weighted by atomic mass is 15.2. The number of hydrogen-bond donors (Lipinski definition) is 1. The van der Waals surface area contributed by atoms with Gasteiger partial charge in [-0.3, -0.25) is 0 Å². The number of amidine groups is 1. The van der Waals surface area contributed by atoms with Crippen molar-refractivity contribution in [2.75, 3.05) is 26.2 Å². The lowest BCUT2D eigenvalue weighted by Crippen LogP contribution is -2.46. The highest BCUT2D eigenvalue weighted by Crippen LogP contribution is 2.26. The van der Waals surface area contributed by atoms with E-state index in [2.05, 4.69) is 47.5 Å². The third kappa shape index (κ3) is 2.31. The smallest absolute Gasteiger partial charge is 0.109 e. The molecule has 0 amide bonds. The zero-order valence-electron chi connectivity index (χ0n) is 10.8. The number of aliphatic imine (C=N–C) groups is 1. The van der Waals surface area contributed by atoms with Crippen LogP contribution in [0, 0.1) is 6.92 Å². The van der Waals surface area contributed by atoms with Gasteiger partial charge in [0.1, 0.15) is 5.84 Å². The van der Waals surface area contributed by atoms with Gasteiger partial charge in [-0.2, -0.15) is 0 Å². The molecule has 94 valence electrons. The topological polar surface area (TPSA) is 27.6 Å². The Balaban J connectivity index is 1.94. The Bertz CT molecular complexity index is 496. The number of nitrogens with zero attached hydrogens (tertiary/aromatic N) is 2. The minimum absolute atomic E-state index is 0.938. The van der Waals surface area contributed by atoms with Crippen LogP contribution < -0.4 is 5.32 Å². The van der Waals surface area contributed by atoms with Gasteiger partial charge in [0.2, 0.25) is 0 Å². The SMILES string of the molecule is Cc1ccc2c(c1)N=C(N1CCNCC1)CC=C2. The molecule has 0 aliphatic carbocycles. The first-order valence-corrected chi connectivity index (χ1v) is 6.63. The highest BCUT2D eigenvalue weighted by Gasteiger charge is 2.15. The number of nitrogens with one attached hydrogen (secondary N) is 1. The van der Waals surface area contributed by atoms with Crippen molar-refractivity contribution in [3.05, 3.63) is 35.4 Å². The van der Waals surface area contributed by atoms with Gasteiger partial charge in [-0.15, -0.1) is 0 Å². The molecule has 1 fully saturated rings. The largest absolute Gasteiger partial charge is 0.357 e. The normalized spacial score (nSPS) is 19.2. The number of piperazine rings is 1. The number of benzene rings is 1. The molecule has 1 aromatic rings. The molecule has 0 unspecified atom stereocenters. The van der Waals surface area contributed by atoms with Gasteiger partial charge >= 0.3 is 0 Å². The van der Waals surface area contributed by atoms with Crippen molar-refractivity contribution in [3.63, 3.8) is 0 Å². The second kappa shape index (κ2) is 4.94. The van der Waals surface area contributed by atoms with Gasteiger partial charge in [-0.1, -0.05) is 24.3 Å². The quantitative estimate of drug-likeness (QED) is 0.755. The zero-order chi connectivity index (χ0) is 12.4. The van der Waals surface area contributed by atoms with Crippen LogP contribution in [0.1, 0.15) is 17.5 Å². The van der Waals surface area contributed by atoms with Crippen LogP contribution in [0.15, 0.2) is 29.3 Å². The number of hydrogen-bond acceptors (Lipinski definition) is 3. The van der Waals surface area contributed by atoms with E-state index in [0.717, 1.165) is 38.3 Å². The lowest BCUT2D eigenvalue weighted by Gasteiger charge is -2.30. The third-order valence-corrected chi connectivity index (χ3v) is 3.52. The summed E-state index contributed by atoms with van der Waals surface area (Å²) in [7, 11) is 0. The first-order chi connectivity index (χ1) is 8.83. The van der Waals surface area contributed by atoms with Crippen LogP contribution in [0.4, 0.5) is 5.69 Å². The molecular formula is C15H19N3. The van der Waals surface area contributed by atoms with Crippen molar-refractivity contribution in [1.82, 2.24) is 10.2 Å². The van der Waals surface area contributed by atoms with Gasteiger partial charge in [0, 0.05) is 32.6 Å². The second-order valence-electron chi connectivity index (χ2n) is 4.93. The molecule has 3 rings (SSSR count). The molecular weight excluding hydrogens is 222 g/mol. The van der Waals surface area contributed by atoms with Crippen LogP contribution in [0.3, 0.4) is 0 Å². The molecule has 0 atom stereocenters. The second-order valence-corrected chi connectivity index (χ2v) is 4.93.